The molecule has 4 aliphatic rings. The highest BCUT2D eigenvalue weighted by atomic mass is 79.9. The van der Waals surface area contributed by atoms with Crippen LogP contribution >= 0.6 is 15.9 Å². The lowest BCUT2D eigenvalue weighted by molar-refractivity contribution is -0.143. The van der Waals surface area contributed by atoms with Crippen molar-refractivity contribution in [2.75, 3.05) is 0 Å². The van der Waals surface area contributed by atoms with Gasteiger partial charge in [-0.2, -0.15) is 5.01 Å². The summed E-state index contributed by atoms with van der Waals surface area (Å²) in [6.07, 6.45) is 7.08. The molecule has 3 amide bonds. The highest BCUT2D eigenvalue weighted by Crippen LogP contribution is 2.47. The summed E-state index contributed by atoms with van der Waals surface area (Å²) in [6, 6.07) is 6.79. The van der Waals surface area contributed by atoms with Gasteiger partial charge < -0.3 is 0 Å². The van der Waals surface area contributed by atoms with Crippen molar-refractivity contribution in [1.82, 2.24) is 10.4 Å². The minimum Gasteiger partial charge on any atom is -0.272 e. The van der Waals surface area contributed by atoms with Crippen LogP contribution in [0.15, 0.2) is 40.9 Å². The van der Waals surface area contributed by atoms with Gasteiger partial charge in [-0.25, -0.2) is 0 Å². The third-order valence-corrected chi connectivity index (χ3v) is 5.85. The van der Waals surface area contributed by atoms with Crippen molar-refractivity contribution >= 4 is 33.7 Å². The van der Waals surface area contributed by atoms with E-state index < -0.39 is 5.91 Å². The number of hydrogen-bond donors (Lipinski definition) is 1. The van der Waals surface area contributed by atoms with Crippen molar-refractivity contribution in [2.24, 2.45) is 23.7 Å². The summed E-state index contributed by atoms with van der Waals surface area (Å²) < 4.78 is 0.859. The molecule has 3 aliphatic carbocycles. The maximum atomic E-state index is 12.8. The number of hydrazine groups is 1. The molecule has 5 rings (SSSR count). The Labute approximate surface area is 148 Å². The molecule has 0 spiro atoms. The fourth-order valence-corrected chi connectivity index (χ4v) is 4.42. The van der Waals surface area contributed by atoms with Gasteiger partial charge in [0.15, 0.2) is 0 Å². The van der Waals surface area contributed by atoms with Gasteiger partial charge in [0.05, 0.1) is 11.8 Å². The molecular weight excluding hydrogens is 372 g/mol. The van der Waals surface area contributed by atoms with Crippen LogP contribution in [-0.4, -0.2) is 22.7 Å². The molecule has 0 radical (unpaired) electrons. The van der Waals surface area contributed by atoms with E-state index in [4.69, 9.17) is 0 Å². The predicted molar refractivity (Wildman–Crippen MR) is 90.4 cm³/mol. The largest absolute Gasteiger partial charge is 0.272 e. The van der Waals surface area contributed by atoms with E-state index in [0.29, 0.717) is 5.56 Å². The molecule has 24 heavy (non-hydrogen) atoms. The van der Waals surface area contributed by atoms with Gasteiger partial charge in [0, 0.05) is 10.0 Å². The molecule has 1 saturated heterocycles. The van der Waals surface area contributed by atoms with E-state index in [1.807, 2.05) is 0 Å². The van der Waals surface area contributed by atoms with Crippen molar-refractivity contribution in [3.63, 3.8) is 0 Å². The maximum Gasteiger partial charge on any atom is 0.270 e. The maximum absolute atomic E-state index is 12.8. The van der Waals surface area contributed by atoms with Crippen molar-refractivity contribution < 1.29 is 14.4 Å². The molecular formula is C18H17BrN2O3. The van der Waals surface area contributed by atoms with Crippen molar-refractivity contribution in [3.8, 4) is 0 Å². The Morgan fingerprint density at radius 1 is 1.00 bits per heavy atom. The van der Waals surface area contributed by atoms with Crippen LogP contribution in [0, 0.1) is 23.7 Å². The smallest absolute Gasteiger partial charge is 0.270 e. The number of imide groups is 1. The fraction of sp³-hybridized carbons (Fsp3) is 0.389. The van der Waals surface area contributed by atoms with Crippen LogP contribution in [0.25, 0.3) is 0 Å². The fourth-order valence-electron chi connectivity index (χ4n) is 4.16. The second-order valence-electron chi connectivity index (χ2n) is 6.65. The Kier molecular flexibility index (Phi) is 3.79. The highest BCUT2D eigenvalue weighted by molar-refractivity contribution is 9.10. The number of halogens is 1. The minimum absolute atomic E-state index is 0.111. The number of hydrogen-bond acceptors (Lipinski definition) is 3. The lowest BCUT2D eigenvalue weighted by atomic mass is 9.73. The number of benzene rings is 1. The Morgan fingerprint density at radius 3 is 2.08 bits per heavy atom. The molecule has 0 aromatic heterocycles. The number of nitrogens with one attached hydrogen (secondary N) is 1. The average molecular weight is 389 g/mol. The molecule has 4 atom stereocenters. The summed E-state index contributed by atoms with van der Waals surface area (Å²) in [5, 5.41) is 0.956. The Hall–Kier alpha value is -1.95. The first kappa shape index (κ1) is 15.6. The molecule has 1 aromatic carbocycles. The summed E-state index contributed by atoms with van der Waals surface area (Å²) in [6.45, 7) is 0. The molecule has 1 aromatic rings. The van der Waals surface area contributed by atoms with E-state index in [1.54, 1.807) is 24.3 Å². The molecule has 2 bridgehead atoms. The predicted octanol–water partition coefficient (Wildman–Crippen LogP) is 2.68. The number of nitrogens with zero attached hydrogens (tertiary/aromatic N) is 1. The van der Waals surface area contributed by atoms with Crippen molar-refractivity contribution in [2.45, 2.75) is 19.3 Å². The molecule has 1 aliphatic heterocycles. The summed E-state index contributed by atoms with van der Waals surface area (Å²) >= 11 is 3.31. The lowest BCUT2D eigenvalue weighted by Gasteiger charge is -2.27. The number of rotatable bonds is 2. The molecule has 2 fully saturated rings. The number of fused-ring (bicyclic) bond motifs is 2. The van der Waals surface area contributed by atoms with E-state index in [9.17, 15) is 14.4 Å². The zero-order valence-corrected chi connectivity index (χ0v) is 14.5. The Balaban J connectivity index is 1.57. The van der Waals surface area contributed by atoms with Crippen LogP contribution < -0.4 is 5.43 Å². The summed E-state index contributed by atoms with van der Waals surface area (Å²) in [5.74, 6) is -1.39. The summed E-state index contributed by atoms with van der Waals surface area (Å²) in [5.41, 5.74) is 2.92. The van der Waals surface area contributed by atoms with Crippen LogP contribution in [0.2, 0.25) is 0 Å². The quantitative estimate of drug-likeness (QED) is 0.625. The van der Waals surface area contributed by atoms with Crippen LogP contribution in [0.3, 0.4) is 0 Å². The van der Waals surface area contributed by atoms with Gasteiger partial charge in [-0.3, -0.25) is 19.8 Å². The zero-order valence-electron chi connectivity index (χ0n) is 12.9. The number of allylic oxidation sites excluding steroid dienone is 2. The topological polar surface area (TPSA) is 66.5 Å². The molecule has 124 valence electrons. The van der Waals surface area contributed by atoms with Gasteiger partial charge in [-0.15, -0.1) is 0 Å². The standard InChI is InChI=1S/C18H17BrN2O3/c19-13-8-6-12(7-9-13)16(22)20-21-17(23)14-10-2-1-3-11(5-4-10)15(14)18(21)24/h4-11,14-15H,1-3H2,(H,20,22)/t10?,11?,14-,15+. The van der Waals surface area contributed by atoms with E-state index in [1.165, 1.54) is 0 Å². The second-order valence-corrected chi connectivity index (χ2v) is 7.57. The van der Waals surface area contributed by atoms with Gasteiger partial charge >= 0.3 is 0 Å². The summed E-state index contributed by atoms with van der Waals surface area (Å²) in [7, 11) is 0. The molecule has 5 nitrogen and oxygen atoms in total. The normalized spacial score (nSPS) is 31.1. The monoisotopic (exact) mass is 388 g/mol. The third kappa shape index (κ3) is 2.40. The van der Waals surface area contributed by atoms with E-state index >= 15 is 0 Å². The third-order valence-electron chi connectivity index (χ3n) is 5.32. The van der Waals surface area contributed by atoms with Gasteiger partial charge in [-0.05, 0) is 48.9 Å². The minimum atomic E-state index is -0.444. The number of amides is 3. The molecule has 1 heterocycles. The molecule has 1 saturated carbocycles. The zero-order chi connectivity index (χ0) is 16.8. The van der Waals surface area contributed by atoms with Gasteiger partial charge in [0.2, 0.25) is 0 Å². The van der Waals surface area contributed by atoms with Crippen LogP contribution in [0.5, 0.6) is 0 Å². The van der Waals surface area contributed by atoms with Crippen LogP contribution in [0.4, 0.5) is 0 Å². The molecule has 1 N–H and O–H groups in total. The SMILES string of the molecule is O=C(NN1C(=O)[C@@H]2C3C=CC(CCC3)[C@@H]2C1=O)c1ccc(Br)cc1. The molecule has 2 unspecified atom stereocenters. The van der Waals surface area contributed by atoms with E-state index in [-0.39, 0.29) is 35.5 Å². The van der Waals surface area contributed by atoms with Gasteiger partial charge in [0.1, 0.15) is 0 Å². The Morgan fingerprint density at radius 2 is 1.54 bits per heavy atom. The summed E-state index contributed by atoms with van der Waals surface area (Å²) in [4.78, 5) is 37.9. The van der Waals surface area contributed by atoms with Gasteiger partial charge in [0.25, 0.3) is 17.7 Å². The number of carbonyl (C=O) groups is 3. The average Bonchev–Trinajstić information content (AvgIpc) is 2.80. The van der Waals surface area contributed by atoms with E-state index in [2.05, 4.69) is 33.5 Å². The van der Waals surface area contributed by atoms with Crippen molar-refractivity contribution in [1.29, 1.82) is 0 Å². The van der Waals surface area contributed by atoms with Crippen LogP contribution in [-0.2, 0) is 9.59 Å². The Bertz CT molecular complexity index is 711. The van der Waals surface area contributed by atoms with Crippen molar-refractivity contribution in [3.05, 3.63) is 46.5 Å². The lowest BCUT2D eigenvalue weighted by Crippen LogP contribution is -2.47. The highest BCUT2D eigenvalue weighted by Gasteiger charge is 2.55. The second kappa shape index (κ2) is 5.84. The first-order chi connectivity index (χ1) is 11.6. The first-order valence-corrected chi connectivity index (χ1v) is 8.98. The van der Waals surface area contributed by atoms with E-state index in [0.717, 1.165) is 28.7 Å². The molecule has 6 heteroatoms. The number of carbonyl (C=O) groups excluding carboxylic acids is 3. The van der Waals surface area contributed by atoms with Gasteiger partial charge in [-0.1, -0.05) is 34.5 Å². The van der Waals surface area contributed by atoms with Crippen LogP contribution in [0.1, 0.15) is 29.6 Å². The first-order valence-electron chi connectivity index (χ1n) is 8.19.